The highest BCUT2D eigenvalue weighted by Gasteiger charge is 2.18. The average molecular weight is 747 g/mol. The zero-order chi connectivity index (χ0) is 39.0. The fraction of sp³-hybridized carbons (Fsp3) is 0.773. The lowest BCUT2D eigenvalue weighted by molar-refractivity contribution is -0.147. The molecule has 0 saturated carbocycles. The molecule has 0 spiro atoms. The van der Waals surface area contributed by atoms with Crippen molar-refractivity contribution in [1.82, 2.24) is 10.6 Å². The second-order valence-electron chi connectivity index (χ2n) is 14.4. The number of hydrogen-bond acceptors (Lipinski definition) is 6. The van der Waals surface area contributed by atoms with Crippen molar-refractivity contribution in [1.29, 1.82) is 0 Å². The normalized spacial score (nSPS) is 12.8. The summed E-state index contributed by atoms with van der Waals surface area (Å²) in [5.74, 6) is -2.42. The summed E-state index contributed by atoms with van der Waals surface area (Å²) < 4.78 is 5.89. The maximum absolute atomic E-state index is 12.7. The average Bonchev–Trinajstić information content (AvgIpc) is 3.14. The molecule has 0 heterocycles. The molecule has 0 radical (unpaired) electrons. The number of aliphatic hydroxyl groups excluding tert-OH is 1. The Morgan fingerprint density at radius 2 is 1.08 bits per heavy atom. The van der Waals surface area contributed by atoms with E-state index in [0.717, 1.165) is 57.8 Å². The minimum Gasteiger partial charge on any atom is -0.480 e. The van der Waals surface area contributed by atoms with Crippen LogP contribution in [0.2, 0.25) is 0 Å². The van der Waals surface area contributed by atoms with Crippen molar-refractivity contribution < 1.29 is 34.1 Å². The molecule has 0 aromatic rings. The van der Waals surface area contributed by atoms with Gasteiger partial charge in [-0.25, -0.2) is 4.79 Å². The van der Waals surface area contributed by atoms with E-state index in [1.165, 1.54) is 103 Å². The number of carbonyl (C=O) groups excluding carboxylic acids is 3. The third-order valence-corrected chi connectivity index (χ3v) is 9.34. The van der Waals surface area contributed by atoms with Crippen LogP contribution in [0.4, 0.5) is 0 Å². The number of unbranched alkanes of at least 4 members (excludes halogenated alkanes) is 20. The molecule has 9 nitrogen and oxygen atoms in total. The summed E-state index contributed by atoms with van der Waals surface area (Å²) in [5, 5.41) is 22.5. The summed E-state index contributed by atoms with van der Waals surface area (Å²) in [6.07, 6.45) is 43.3. The lowest BCUT2D eigenvalue weighted by atomic mass is 10.1. The monoisotopic (exact) mass is 747 g/mol. The predicted molar refractivity (Wildman–Crippen MR) is 218 cm³/mol. The number of esters is 1. The Bertz CT molecular complexity index is 994. The molecule has 0 aliphatic rings. The quantitative estimate of drug-likeness (QED) is 0.0280. The molecule has 4 N–H and O–H groups in total. The molecule has 0 aromatic carbocycles. The van der Waals surface area contributed by atoms with Gasteiger partial charge in [0.1, 0.15) is 12.1 Å². The third-order valence-electron chi connectivity index (χ3n) is 9.34. The topological polar surface area (TPSA) is 142 Å². The van der Waals surface area contributed by atoms with Gasteiger partial charge in [0.25, 0.3) is 0 Å². The summed E-state index contributed by atoms with van der Waals surface area (Å²) in [5.41, 5.74) is 0. The van der Waals surface area contributed by atoms with Gasteiger partial charge >= 0.3 is 11.9 Å². The summed E-state index contributed by atoms with van der Waals surface area (Å²) in [6.45, 7) is 3.42. The Kier molecular flexibility index (Phi) is 36.6. The summed E-state index contributed by atoms with van der Waals surface area (Å²) in [4.78, 5) is 47.5. The van der Waals surface area contributed by atoms with Crippen LogP contribution in [0.15, 0.2) is 36.5 Å². The number of nitrogens with one attached hydrogen (secondary N) is 2. The highest BCUT2D eigenvalue weighted by molar-refractivity contribution is 5.87. The molecular formula is C44H78N2O7. The van der Waals surface area contributed by atoms with Crippen LogP contribution >= 0.6 is 0 Å². The number of allylic oxidation sites excluding steroid dienone is 5. The zero-order valence-electron chi connectivity index (χ0n) is 33.8. The van der Waals surface area contributed by atoms with Gasteiger partial charge in [-0.15, -0.1) is 0 Å². The van der Waals surface area contributed by atoms with Gasteiger partial charge in [-0.05, 0) is 76.7 Å². The van der Waals surface area contributed by atoms with Crippen LogP contribution in [0.25, 0.3) is 0 Å². The smallest absolute Gasteiger partial charge is 0.328 e. The summed E-state index contributed by atoms with van der Waals surface area (Å²) in [7, 11) is 0. The van der Waals surface area contributed by atoms with E-state index in [2.05, 4.69) is 54.9 Å². The van der Waals surface area contributed by atoms with E-state index < -0.39 is 24.5 Å². The molecule has 53 heavy (non-hydrogen) atoms. The molecule has 0 saturated heterocycles. The van der Waals surface area contributed by atoms with Crippen molar-refractivity contribution in [2.24, 2.45) is 0 Å². The van der Waals surface area contributed by atoms with Crippen LogP contribution in [-0.2, 0) is 23.9 Å². The lowest BCUT2D eigenvalue weighted by Crippen LogP contribution is -2.47. The van der Waals surface area contributed by atoms with Crippen molar-refractivity contribution in [3.05, 3.63) is 36.5 Å². The molecular weight excluding hydrogens is 668 g/mol. The van der Waals surface area contributed by atoms with E-state index in [1.807, 2.05) is 6.08 Å². The number of carboxylic acid groups (broad SMARTS) is 1. The number of carbonyl (C=O) groups is 4. The van der Waals surface area contributed by atoms with Gasteiger partial charge in [0.05, 0.1) is 13.2 Å². The van der Waals surface area contributed by atoms with Crippen molar-refractivity contribution in [3.8, 4) is 0 Å². The van der Waals surface area contributed by atoms with Gasteiger partial charge < -0.3 is 25.6 Å². The van der Waals surface area contributed by atoms with Crippen LogP contribution in [0.3, 0.4) is 0 Å². The Morgan fingerprint density at radius 3 is 1.64 bits per heavy atom. The van der Waals surface area contributed by atoms with Crippen LogP contribution in [0.5, 0.6) is 0 Å². The molecule has 0 aliphatic heterocycles. The maximum Gasteiger partial charge on any atom is 0.328 e. The third kappa shape index (κ3) is 35.8. The van der Waals surface area contributed by atoms with E-state index in [0.29, 0.717) is 12.8 Å². The van der Waals surface area contributed by atoms with Crippen LogP contribution in [0.1, 0.15) is 194 Å². The standard InChI is InChI=1S/C44H78N2O7/c1-3-5-7-9-11-13-14-15-16-17-18-19-20-22-24-26-32-36-43(50)53-39(33-29-25-23-21-12-10-8-6-4-2)34-30-27-28-31-35-41(48)45-37-42(49)46-40(38-47)44(51)52/h15-16,21,23,29,33,39-40,47H,3-14,17-20,22,24-28,30-32,34-38H2,1-2H3,(H,45,48)(H,46,49)(H,51,52)/b16-15-,23-21-,33-29-. The lowest BCUT2D eigenvalue weighted by Gasteiger charge is -2.15. The van der Waals surface area contributed by atoms with Gasteiger partial charge in [-0.3, -0.25) is 14.4 Å². The van der Waals surface area contributed by atoms with Gasteiger partial charge in [0.2, 0.25) is 11.8 Å². The van der Waals surface area contributed by atoms with Gasteiger partial charge in [-0.2, -0.15) is 0 Å². The number of amides is 2. The number of ether oxygens (including phenoxy) is 1. The molecule has 2 atom stereocenters. The first-order valence-electron chi connectivity index (χ1n) is 21.4. The van der Waals surface area contributed by atoms with Crippen molar-refractivity contribution in [2.75, 3.05) is 13.2 Å². The Morgan fingerprint density at radius 1 is 0.585 bits per heavy atom. The first-order chi connectivity index (χ1) is 25.8. The first-order valence-corrected chi connectivity index (χ1v) is 21.4. The Hall–Kier alpha value is -2.94. The highest BCUT2D eigenvalue weighted by Crippen LogP contribution is 2.15. The SMILES string of the molecule is CCCCCC/C=C\C/C=C\C(CCCCCCC(=O)NCC(=O)NC(CO)C(=O)O)OC(=O)CCCCCCCCC/C=C\CCCCCCCC. The van der Waals surface area contributed by atoms with Gasteiger partial charge in [-0.1, -0.05) is 141 Å². The van der Waals surface area contributed by atoms with Crippen molar-refractivity contribution in [2.45, 2.75) is 206 Å². The molecule has 0 fully saturated rings. The fourth-order valence-electron chi connectivity index (χ4n) is 6.01. The number of rotatable bonds is 38. The van der Waals surface area contributed by atoms with Crippen LogP contribution in [-0.4, -0.2) is 59.3 Å². The summed E-state index contributed by atoms with van der Waals surface area (Å²) >= 11 is 0. The number of hydrogen-bond donors (Lipinski definition) is 4. The van der Waals surface area contributed by atoms with Gasteiger partial charge in [0.15, 0.2) is 0 Å². The van der Waals surface area contributed by atoms with Crippen molar-refractivity contribution in [3.63, 3.8) is 0 Å². The predicted octanol–water partition coefficient (Wildman–Crippen LogP) is 10.2. The maximum atomic E-state index is 12.7. The molecule has 306 valence electrons. The van der Waals surface area contributed by atoms with E-state index >= 15 is 0 Å². The van der Waals surface area contributed by atoms with Crippen molar-refractivity contribution >= 4 is 23.8 Å². The zero-order valence-corrected chi connectivity index (χ0v) is 33.8. The van der Waals surface area contributed by atoms with E-state index in [4.69, 9.17) is 14.9 Å². The molecule has 2 unspecified atom stereocenters. The molecule has 0 rings (SSSR count). The Labute approximate surface area is 323 Å². The number of aliphatic hydroxyl groups is 1. The number of aliphatic carboxylic acids is 1. The molecule has 0 bridgehead atoms. The second-order valence-corrected chi connectivity index (χ2v) is 14.4. The van der Waals surface area contributed by atoms with Gasteiger partial charge in [0, 0.05) is 12.8 Å². The molecule has 0 aliphatic carbocycles. The van der Waals surface area contributed by atoms with E-state index in [9.17, 15) is 19.2 Å². The number of carboxylic acids is 1. The molecule has 0 aromatic heterocycles. The van der Waals surface area contributed by atoms with Crippen LogP contribution in [0, 0.1) is 0 Å². The summed E-state index contributed by atoms with van der Waals surface area (Å²) in [6, 6.07) is -1.39. The van der Waals surface area contributed by atoms with Crippen LogP contribution < -0.4 is 10.6 Å². The Balaban J connectivity index is 4.31. The highest BCUT2D eigenvalue weighted by atomic mass is 16.5. The van der Waals surface area contributed by atoms with E-state index in [-0.39, 0.29) is 30.9 Å². The first kappa shape index (κ1) is 50.1. The minimum absolute atomic E-state index is 0.131. The fourth-order valence-corrected chi connectivity index (χ4v) is 6.01. The second kappa shape index (κ2) is 38.8. The largest absolute Gasteiger partial charge is 0.480 e. The molecule has 2 amide bonds. The minimum atomic E-state index is -1.39. The molecule has 9 heteroatoms. The van der Waals surface area contributed by atoms with E-state index in [1.54, 1.807) is 0 Å².